The third-order valence-corrected chi connectivity index (χ3v) is 4.25. The molecule has 0 atom stereocenters. The highest BCUT2D eigenvalue weighted by Gasteiger charge is 2.39. The van der Waals surface area contributed by atoms with E-state index in [1.54, 1.807) is 0 Å². The van der Waals surface area contributed by atoms with Crippen molar-refractivity contribution in [3.8, 4) is 5.75 Å². The second kappa shape index (κ2) is 7.75. The lowest BCUT2D eigenvalue weighted by Gasteiger charge is -2.29. The van der Waals surface area contributed by atoms with Gasteiger partial charge >= 0.3 is 17.9 Å². The van der Waals surface area contributed by atoms with Crippen molar-refractivity contribution in [1.82, 2.24) is 0 Å². The van der Waals surface area contributed by atoms with E-state index in [0.717, 1.165) is 24.3 Å². The highest BCUT2D eigenvalue weighted by Crippen LogP contribution is 2.30. The van der Waals surface area contributed by atoms with Crippen LogP contribution in [0.4, 0.5) is 8.78 Å². The first-order chi connectivity index (χ1) is 13.6. The summed E-state index contributed by atoms with van der Waals surface area (Å²) in [6.07, 6.45) is 1.10. The molecule has 0 radical (unpaired) electrons. The second-order valence-electron chi connectivity index (χ2n) is 6.41. The highest BCUT2D eigenvalue weighted by atomic mass is 79.9. The topological polar surface area (TPSA) is 78.9 Å². The summed E-state index contributed by atoms with van der Waals surface area (Å²) in [5.41, 5.74) is -1.20. The minimum atomic E-state index is -1.42. The Balaban J connectivity index is 1.98. The molecule has 6 nitrogen and oxygen atoms in total. The van der Waals surface area contributed by atoms with Gasteiger partial charge in [0.15, 0.2) is 0 Å². The van der Waals surface area contributed by atoms with Crippen LogP contribution >= 0.6 is 15.9 Å². The van der Waals surface area contributed by atoms with Crippen LogP contribution in [-0.2, 0) is 19.1 Å². The number of carbonyl (C=O) groups is 3. The number of halogens is 3. The Hall–Kier alpha value is -3.07. The molecule has 1 aliphatic rings. The average molecular weight is 467 g/mol. The number of ether oxygens (including phenoxy) is 3. The average Bonchev–Trinajstić information content (AvgIpc) is 2.59. The predicted octanol–water partition coefficient (Wildman–Crippen LogP) is 4.17. The molecule has 1 aliphatic heterocycles. The van der Waals surface area contributed by atoms with Crippen molar-refractivity contribution in [1.29, 1.82) is 0 Å². The van der Waals surface area contributed by atoms with Gasteiger partial charge in [-0.15, -0.1) is 0 Å². The smallest absolute Gasteiger partial charge is 0.349 e. The molecule has 0 bridgehead atoms. The van der Waals surface area contributed by atoms with Gasteiger partial charge in [0, 0.05) is 23.9 Å². The van der Waals surface area contributed by atoms with E-state index in [1.165, 1.54) is 32.0 Å². The molecule has 9 heteroatoms. The lowest BCUT2D eigenvalue weighted by atomic mass is 10.1. The highest BCUT2D eigenvalue weighted by molar-refractivity contribution is 9.10. The number of cyclic esters (lactones) is 2. The van der Waals surface area contributed by atoms with E-state index >= 15 is 0 Å². The fraction of sp³-hybridized carbons (Fsp3) is 0.150. The summed E-state index contributed by atoms with van der Waals surface area (Å²) in [6.45, 7) is 2.80. The summed E-state index contributed by atoms with van der Waals surface area (Å²) in [7, 11) is 0. The first-order valence-electron chi connectivity index (χ1n) is 8.21. The summed E-state index contributed by atoms with van der Waals surface area (Å²) in [5, 5.41) is 0. The van der Waals surface area contributed by atoms with Gasteiger partial charge in [-0.2, -0.15) is 0 Å². The SMILES string of the molecule is CC1(C)OC(=O)C(=Cc2cc(Br)ccc2OC(=O)c2c(F)cccc2F)C(=O)O1. The fourth-order valence-electron chi connectivity index (χ4n) is 2.50. The van der Waals surface area contributed by atoms with Crippen LogP contribution in [0.5, 0.6) is 5.75 Å². The molecule has 0 N–H and O–H groups in total. The molecule has 0 amide bonds. The van der Waals surface area contributed by atoms with Crippen LogP contribution in [0.2, 0.25) is 0 Å². The summed E-state index contributed by atoms with van der Waals surface area (Å²) in [4.78, 5) is 36.6. The number of esters is 3. The first kappa shape index (κ1) is 20.7. The van der Waals surface area contributed by atoms with E-state index < -0.39 is 46.5 Å². The third-order valence-electron chi connectivity index (χ3n) is 3.76. The van der Waals surface area contributed by atoms with E-state index in [9.17, 15) is 23.2 Å². The first-order valence-corrected chi connectivity index (χ1v) is 9.01. The molecule has 2 aromatic carbocycles. The Labute approximate surface area is 172 Å². The molecule has 29 heavy (non-hydrogen) atoms. The van der Waals surface area contributed by atoms with Crippen molar-refractivity contribution in [2.75, 3.05) is 0 Å². The minimum Gasteiger partial charge on any atom is -0.422 e. The number of carbonyl (C=O) groups excluding carboxylic acids is 3. The van der Waals surface area contributed by atoms with Gasteiger partial charge in [-0.25, -0.2) is 23.2 Å². The zero-order valence-corrected chi connectivity index (χ0v) is 16.7. The molecule has 3 rings (SSSR count). The van der Waals surface area contributed by atoms with Crippen LogP contribution in [0, 0.1) is 11.6 Å². The van der Waals surface area contributed by atoms with Gasteiger partial charge in [0.1, 0.15) is 28.5 Å². The van der Waals surface area contributed by atoms with E-state index in [1.807, 2.05) is 0 Å². The molecule has 1 heterocycles. The summed E-state index contributed by atoms with van der Waals surface area (Å²) >= 11 is 3.22. The maximum absolute atomic E-state index is 13.8. The molecule has 0 aromatic heterocycles. The largest absolute Gasteiger partial charge is 0.422 e. The monoisotopic (exact) mass is 466 g/mol. The van der Waals surface area contributed by atoms with Gasteiger partial charge in [0.25, 0.3) is 5.79 Å². The van der Waals surface area contributed by atoms with Gasteiger partial charge in [-0.1, -0.05) is 22.0 Å². The van der Waals surface area contributed by atoms with Gasteiger partial charge < -0.3 is 14.2 Å². The minimum absolute atomic E-state index is 0.105. The number of hydrogen-bond donors (Lipinski definition) is 0. The van der Waals surface area contributed by atoms with Gasteiger partial charge in [-0.05, 0) is 36.4 Å². The normalized spacial score (nSPS) is 15.4. The molecule has 0 aliphatic carbocycles. The van der Waals surface area contributed by atoms with Crippen LogP contribution in [-0.4, -0.2) is 23.7 Å². The van der Waals surface area contributed by atoms with Crippen molar-refractivity contribution < 1.29 is 37.4 Å². The molecule has 1 fully saturated rings. The standard InChI is InChI=1S/C20H13BrF2O6/c1-20(2)28-17(24)12(18(25)29-20)9-10-8-11(21)6-7-15(10)27-19(26)16-13(22)4-3-5-14(16)23/h3-9H,1-2H3. The van der Waals surface area contributed by atoms with Crippen molar-refractivity contribution >= 4 is 39.9 Å². The fourth-order valence-corrected chi connectivity index (χ4v) is 2.88. The third kappa shape index (κ3) is 4.51. The summed E-state index contributed by atoms with van der Waals surface area (Å²) < 4.78 is 43.3. The molecular formula is C20H13BrF2O6. The Morgan fingerprint density at radius 2 is 1.66 bits per heavy atom. The zero-order chi connectivity index (χ0) is 21.3. The van der Waals surface area contributed by atoms with Gasteiger partial charge in [-0.3, -0.25) is 0 Å². The summed E-state index contributed by atoms with van der Waals surface area (Å²) in [6, 6.07) is 7.21. The second-order valence-corrected chi connectivity index (χ2v) is 7.32. The summed E-state index contributed by atoms with van der Waals surface area (Å²) in [5.74, 6) is -6.87. The van der Waals surface area contributed by atoms with Gasteiger partial charge in [0.2, 0.25) is 0 Å². The molecule has 2 aromatic rings. The Bertz CT molecular complexity index is 1020. The van der Waals surface area contributed by atoms with E-state index in [0.29, 0.717) is 4.47 Å². The van der Waals surface area contributed by atoms with E-state index in [2.05, 4.69) is 15.9 Å². The number of benzene rings is 2. The van der Waals surface area contributed by atoms with Crippen LogP contribution in [0.25, 0.3) is 6.08 Å². The van der Waals surface area contributed by atoms with Crippen molar-refractivity contribution in [3.05, 3.63) is 69.2 Å². The van der Waals surface area contributed by atoms with E-state index in [4.69, 9.17) is 14.2 Å². The Kier molecular flexibility index (Phi) is 5.52. The molecule has 0 saturated carbocycles. The van der Waals surface area contributed by atoms with Crippen molar-refractivity contribution in [2.45, 2.75) is 19.6 Å². The number of hydrogen-bond acceptors (Lipinski definition) is 6. The van der Waals surface area contributed by atoms with E-state index in [-0.39, 0.29) is 11.3 Å². The number of rotatable bonds is 3. The Morgan fingerprint density at radius 1 is 1.07 bits per heavy atom. The van der Waals surface area contributed by atoms with Crippen molar-refractivity contribution in [3.63, 3.8) is 0 Å². The van der Waals surface area contributed by atoms with Crippen LogP contribution in [0.3, 0.4) is 0 Å². The molecule has 1 saturated heterocycles. The van der Waals surface area contributed by atoms with Crippen LogP contribution in [0.15, 0.2) is 46.4 Å². The quantitative estimate of drug-likeness (QED) is 0.292. The predicted molar refractivity (Wildman–Crippen MR) is 99.7 cm³/mol. The lowest BCUT2D eigenvalue weighted by Crippen LogP contribution is -2.41. The molecular weight excluding hydrogens is 454 g/mol. The molecule has 0 spiro atoms. The molecule has 150 valence electrons. The van der Waals surface area contributed by atoms with Crippen LogP contribution < -0.4 is 4.74 Å². The Morgan fingerprint density at radius 3 is 2.24 bits per heavy atom. The van der Waals surface area contributed by atoms with Gasteiger partial charge in [0.05, 0.1) is 0 Å². The lowest BCUT2D eigenvalue weighted by molar-refractivity contribution is -0.222. The molecule has 0 unspecified atom stereocenters. The zero-order valence-electron chi connectivity index (χ0n) is 15.1. The van der Waals surface area contributed by atoms with Crippen LogP contribution in [0.1, 0.15) is 29.8 Å². The maximum Gasteiger partial charge on any atom is 0.349 e. The van der Waals surface area contributed by atoms with Crippen molar-refractivity contribution in [2.24, 2.45) is 0 Å². The maximum atomic E-state index is 13.8.